The molecule has 5 heteroatoms. The number of halogens is 1. The number of benzene rings is 1. The van der Waals surface area contributed by atoms with Crippen molar-refractivity contribution in [1.82, 2.24) is 9.97 Å². The Balaban J connectivity index is 2.39. The maximum atomic E-state index is 10.4. The molecule has 4 nitrogen and oxygen atoms in total. The molecule has 1 heterocycles. The smallest absolute Gasteiger partial charge is 0.328 e. The van der Waals surface area contributed by atoms with E-state index in [0.29, 0.717) is 22.1 Å². The van der Waals surface area contributed by atoms with Gasteiger partial charge in [-0.25, -0.2) is 14.8 Å². The molecule has 0 aliphatic heterocycles. The Morgan fingerprint density at radius 1 is 1.28 bits per heavy atom. The SMILES string of the molecule is O=C(O)/C=C/c1ccnc(-c2ccccc2Cl)n1. The zero-order chi connectivity index (χ0) is 13.0. The summed E-state index contributed by atoms with van der Waals surface area (Å²) in [5.41, 5.74) is 1.23. The van der Waals surface area contributed by atoms with Crippen LogP contribution in [0.2, 0.25) is 5.02 Å². The van der Waals surface area contributed by atoms with Gasteiger partial charge in [0.2, 0.25) is 0 Å². The molecule has 0 fully saturated rings. The van der Waals surface area contributed by atoms with Crippen molar-refractivity contribution in [3.05, 3.63) is 53.3 Å². The largest absolute Gasteiger partial charge is 0.478 e. The number of carbonyl (C=O) groups is 1. The van der Waals surface area contributed by atoms with Gasteiger partial charge in [0, 0.05) is 17.8 Å². The van der Waals surface area contributed by atoms with Crippen LogP contribution in [0.5, 0.6) is 0 Å². The second-order valence-electron chi connectivity index (χ2n) is 3.46. The molecular formula is C13H9ClN2O2. The summed E-state index contributed by atoms with van der Waals surface area (Å²) in [6, 6.07) is 8.84. The van der Waals surface area contributed by atoms with E-state index in [1.165, 1.54) is 6.08 Å². The number of nitrogens with zero attached hydrogens (tertiary/aromatic N) is 2. The van der Waals surface area contributed by atoms with E-state index in [1.54, 1.807) is 18.3 Å². The lowest BCUT2D eigenvalue weighted by molar-refractivity contribution is -0.131. The molecule has 0 radical (unpaired) electrons. The summed E-state index contributed by atoms with van der Waals surface area (Å²) in [7, 11) is 0. The quantitative estimate of drug-likeness (QED) is 0.862. The van der Waals surface area contributed by atoms with Crippen LogP contribution in [0.15, 0.2) is 42.6 Å². The van der Waals surface area contributed by atoms with Crippen LogP contribution in [0.4, 0.5) is 0 Å². The number of carboxylic acid groups (broad SMARTS) is 1. The summed E-state index contributed by atoms with van der Waals surface area (Å²) in [6.07, 6.45) is 4.00. The molecule has 0 amide bonds. The predicted octanol–water partition coefficient (Wildman–Crippen LogP) is 2.89. The number of aromatic nitrogens is 2. The maximum Gasteiger partial charge on any atom is 0.328 e. The fraction of sp³-hybridized carbons (Fsp3) is 0. The van der Waals surface area contributed by atoms with Gasteiger partial charge in [0.1, 0.15) is 0 Å². The first-order valence-corrected chi connectivity index (χ1v) is 5.53. The lowest BCUT2D eigenvalue weighted by Gasteiger charge is -2.02. The zero-order valence-corrected chi connectivity index (χ0v) is 10.0. The predicted molar refractivity (Wildman–Crippen MR) is 69.1 cm³/mol. The van der Waals surface area contributed by atoms with Crippen molar-refractivity contribution >= 4 is 23.6 Å². The topological polar surface area (TPSA) is 63.1 Å². The molecule has 90 valence electrons. The Morgan fingerprint density at radius 2 is 2.06 bits per heavy atom. The Bertz CT molecular complexity index is 611. The van der Waals surface area contributed by atoms with E-state index in [2.05, 4.69) is 9.97 Å². The molecule has 18 heavy (non-hydrogen) atoms. The minimum Gasteiger partial charge on any atom is -0.478 e. The molecular weight excluding hydrogens is 252 g/mol. The van der Waals surface area contributed by atoms with Gasteiger partial charge in [-0.15, -0.1) is 0 Å². The molecule has 0 saturated carbocycles. The Labute approximate surface area is 109 Å². The Kier molecular flexibility index (Phi) is 3.69. The third-order valence-electron chi connectivity index (χ3n) is 2.19. The number of hydrogen-bond acceptors (Lipinski definition) is 3. The van der Waals surface area contributed by atoms with Crippen LogP contribution in [-0.4, -0.2) is 21.0 Å². The lowest BCUT2D eigenvalue weighted by atomic mass is 10.2. The second-order valence-corrected chi connectivity index (χ2v) is 3.86. The number of carboxylic acids is 1. The summed E-state index contributed by atoms with van der Waals surface area (Å²) in [4.78, 5) is 18.8. The fourth-order valence-corrected chi connectivity index (χ4v) is 1.61. The molecule has 0 atom stereocenters. The van der Waals surface area contributed by atoms with Crippen LogP contribution < -0.4 is 0 Å². The van der Waals surface area contributed by atoms with E-state index in [1.807, 2.05) is 18.2 Å². The summed E-state index contributed by atoms with van der Waals surface area (Å²) in [6.45, 7) is 0. The Hall–Kier alpha value is -2.20. The van der Waals surface area contributed by atoms with Gasteiger partial charge in [0.15, 0.2) is 5.82 Å². The standard InChI is InChI=1S/C13H9ClN2O2/c14-11-4-2-1-3-10(11)13-15-8-7-9(16-13)5-6-12(17)18/h1-8H,(H,17,18)/b6-5+. The van der Waals surface area contributed by atoms with Gasteiger partial charge in [0.05, 0.1) is 10.7 Å². The number of hydrogen-bond donors (Lipinski definition) is 1. The molecule has 0 aliphatic carbocycles. The van der Waals surface area contributed by atoms with Gasteiger partial charge in [-0.3, -0.25) is 0 Å². The van der Waals surface area contributed by atoms with Gasteiger partial charge in [-0.1, -0.05) is 23.7 Å². The minimum absolute atomic E-state index is 0.466. The first kappa shape index (κ1) is 12.3. The summed E-state index contributed by atoms with van der Waals surface area (Å²) >= 11 is 6.05. The highest BCUT2D eigenvalue weighted by Crippen LogP contribution is 2.24. The van der Waals surface area contributed by atoms with E-state index < -0.39 is 5.97 Å². The molecule has 1 aromatic carbocycles. The average molecular weight is 261 g/mol. The van der Waals surface area contributed by atoms with Crippen LogP contribution in [0.25, 0.3) is 17.5 Å². The van der Waals surface area contributed by atoms with Gasteiger partial charge in [0.25, 0.3) is 0 Å². The van der Waals surface area contributed by atoms with E-state index in [9.17, 15) is 4.79 Å². The first-order valence-electron chi connectivity index (χ1n) is 5.16. The Morgan fingerprint density at radius 3 is 2.78 bits per heavy atom. The molecule has 1 N–H and O–H groups in total. The number of rotatable bonds is 3. The molecule has 0 spiro atoms. The van der Waals surface area contributed by atoms with Crippen molar-refractivity contribution in [1.29, 1.82) is 0 Å². The number of aliphatic carboxylic acids is 1. The van der Waals surface area contributed by atoms with E-state index in [0.717, 1.165) is 6.08 Å². The molecule has 0 bridgehead atoms. The van der Waals surface area contributed by atoms with Crippen molar-refractivity contribution < 1.29 is 9.90 Å². The van der Waals surface area contributed by atoms with E-state index in [-0.39, 0.29) is 0 Å². The molecule has 1 aromatic heterocycles. The van der Waals surface area contributed by atoms with E-state index in [4.69, 9.17) is 16.7 Å². The van der Waals surface area contributed by atoms with Crippen LogP contribution in [0, 0.1) is 0 Å². The van der Waals surface area contributed by atoms with Crippen molar-refractivity contribution in [2.45, 2.75) is 0 Å². The highest BCUT2D eigenvalue weighted by atomic mass is 35.5. The normalized spacial score (nSPS) is 10.7. The summed E-state index contributed by atoms with van der Waals surface area (Å²) < 4.78 is 0. The monoisotopic (exact) mass is 260 g/mol. The van der Waals surface area contributed by atoms with Gasteiger partial charge in [-0.05, 0) is 24.3 Å². The van der Waals surface area contributed by atoms with Crippen LogP contribution in [-0.2, 0) is 4.79 Å². The highest BCUT2D eigenvalue weighted by Gasteiger charge is 2.05. The highest BCUT2D eigenvalue weighted by molar-refractivity contribution is 6.33. The molecule has 0 aliphatic rings. The third kappa shape index (κ3) is 2.93. The van der Waals surface area contributed by atoms with Crippen LogP contribution in [0.1, 0.15) is 5.69 Å². The molecule has 2 rings (SSSR count). The molecule has 0 unspecified atom stereocenters. The maximum absolute atomic E-state index is 10.4. The van der Waals surface area contributed by atoms with Gasteiger partial charge >= 0.3 is 5.97 Å². The zero-order valence-electron chi connectivity index (χ0n) is 9.25. The first-order chi connectivity index (χ1) is 8.66. The van der Waals surface area contributed by atoms with E-state index >= 15 is 0 Å². The average Bonchev–Trinajstić information content (AvgIpc) is 2.37. The fourth-order valence-electron chi connectivity index (χ4n) is 1.39. The van der Waals surface area contributed by atoms with Gasteiger partial charge in [-0.2, -0.15) is 0 Å². The van der Waals surface area contributed by atoms with Crippen molar-refractivity contribution in [3.8, 4) is 11.4 Å². The van der Waals surface area contributed by atoms with Crippen LogP contribution in [0.3, 0.4) is 0 Å². The summed E-state index contributed by atoms with van der Waals surface area (Å²) in [5.74, 6) is -0.555. The van der Waals surface area contributed by atoms with Crippen LogP contribution >= 0.6 is 11.6 Å². The molecule has 2 aromatic rings. The van der Waals surface area contributed by atoms with Crippen molar-refractivity contribution in [2.24, 2.45) is 0 Å². The molecule has 0 saturated heterocycles. The summed E-state index contributed by atoms with van der Waals surface area (Å²) in [5, 5.41) is 9.11. The van der Waals surface area contributed by atoms with Crippen molar-refractivity contribution in [3.63, 3.8) is 0 Å². The minimum atomic E-state index is -1.02. The van der Waals surface area contributed by atoms with Gasteiger partial charge < -0.3 is 5.11 Å². The third-order valence-corrected chi connectivity index (χ3v) is 2.52. The lowest BCUT2D eigenvalue weighted by Crippen LogP contribution is -1.92. The van der Waals surface area contributed by atoms with Crippen molar-refractivity contribution in [2.75, 3.05) is 0 Å². The second kappa shape index (κ2) is 5.42.